The van der Waals surface area contributed by atoms with Crippen LogP contribution in [0.25, 0.3) is 10.2 Å². The van der Waals surface area contributed by atoms with Crippen molar-refractivity contribution in [3.63, 3.8) is 0 Å². The summed E-state index contributed by atoms with van der Waals surface area (Å²) in [6.45, 7) is 1.93. The number of ketones is 1. The van der Waals surface area contributed by atoms with Gasteiger partial charge in [0.05, 0.1) is 33.0 Å². The Morgan fingerprint density at radius 3 is 2.76 bits per heavy atom. The Labute approximate surface area is 190 Å². The predicted octanol–water partition coefficient (Wildman–Crippen LogP) is 4.89. The summed E-state index contributed by atoms with van der Waals surface area (Å²) in [4.78, 5) is 43.0. The molecule has 4 aromatic rings. The van der Waals surface area contributed by atoms with Crippen molar-refractivity contribution in [2.75, 3.05) is 4.90 Å². The van der Waals surface area contributed by atoms with Gasteiger partial charge in [-0.3, -0.25) is 24.6 Å². The Kier molecular flexibility index (Phi) is 4.79. The zero-order valence-electron chi connectivity index (χ0n) is 17.1. The highest BCUT2D eigenvalue weighted by Gasteiger charge is 2.46. The minimum atomic E-state index is -1.13. The van der Waals surface area contributed by atoms with Crippen LogP contribution in [0.2, 0.25) is 0 Å². The number of hydrogen-bond donors (Lipinski definition) is 1. The van der Waals surface area contributed by atoms with E-state index >= 15 is 0 Å². The standard InChI is InChI=1S/C23H15N3O6S/c1-12-7-8-15-17(10-12)33-23(24-15)25-19(13-4-2-5-14(11-13)26(30)31)18(21(28)22(25)29)20(27)16-6-3-9-32-16/h2-11,19,28H,1H3/t19-/m0/s1. The van der Waals surface area contributed by atoms with Gasteiger partial charge in [-0.05, 0) is 42.3 Å². The van der Waals surface area contributed by atoms with Crippen LogP contribution in [0.5, 0.6) is 0 Å². The molecule has 0 unspecified atom stereocenters. The number of amides is 1. The van der Waals surface area contributed by atoms with Crippen molar-refractivity contribution >= 4 is 44.1 Å². The zero-order valence-corrected chi connectivity index (χ0v) is 17.9. The van der Waals surface area contributed by atoms with Crippen LogP contribution >= 0.6 is 11.3 Å². The number of thiazole rings is 1. The van der Waals surface area contributed by atoms with Crippen LogP contribution in [0, 0.1) is 17.0 Å². The van der Waals surface area contributed by atoms with Gasteiger partial charge in [-0.1, -0.05) is 29.5 Å². The quantitative estimate of drug-likeness (QED) is 0.255. The number of rotatable bonds is 5. The lowest BCUT2D eigenvalue weighted by atomic mass is 9.95. The van der Waals surface area contributed by atoms with E-state index in [1.807, 2.05) is 25.1 Å². The first-order valence-electron chi connectivity index (χ1n) is 9.81. The first-order chi connectivity index (χ1) is 15.8. The summed E-state index contributed by atoms with van der Waals surface area (Å²) in [5.41, 5.74) is 1.50. The number of aliphatic hydroxyl groups excluding tert-OH is 1. The molecule has 1 aliphatic rings. The molecule has 164 valence electrons. The normalized spacial score (nSPS) is 16.1. The number of nitro groups is 1. The summed E-state index contributed by atoms with van der Waals surface area (Å²) in [7, 11) is 0. The smallest absolute Gasteiger partial charge is 0.296 e. The second-order valence-corrected chi connectivity index (χ2v) is 8.48. The topological polar surface area (TPSA) is 127 Å². The molecular formula is C23H15N3O6S. The van der Waals surface area contributed by atoms with Crippen LogP contribution in [-0.4, -0.2) is 26.7 Å². The van der Waals surface area contributed by atoms with Gasteiger partial charge in [0.15, 0.2) is 16.7 Å². The maximum atomic E-state index is 13.2. The maximum Gasteiger partial charge on any atom is 0.296 e. The number of carbonyl (C=O) groups is 2. The number of furan rings is 1. The summed E-state index contributed by atoms with van der Waals surface area (Å²) in [5, 5.41) is 22.4. The van der Waals surface area contributed by atoms with E-state index in [1.165, 1.54) is 52.8 Å². The molecule has 5 rings (SSSR count). The third kappa shape index (κ3) is 3.37. The highest BCUT2D eigenvalue weighted by atomic mass is 32.1. The average Bonchev–Trinajstić information content (AvgIpc) is 3.52. The van der Waals surface area contributed by atoms with E-state index < -0.39 is 28.4 Å². The summed E-state index contributed by atoms with van der Waals surface area (Å²) in [6, 6.07) is 13.0. The molecule has 1 amide bonds. The van der Waals surface area contributed by atoms with E-state index in [4.69, 9.17) is 4.42 Å². The molecular weight excluding hydrogens is 446 g/mol. The molecule has 33 heavy (non-hydrogen) atoms. The van der Waals surface area contributed by atoms with Crippen molar-refractivity contribution in [1.82, 2.24) is 4.98 Å². The molecule has 2 aromatic heterocycles. The molecule has 0 saturated carbocycles. The molecule has 1 aliphatic heterocycles. The molecule has 9 nitrogen and oxygen atoms in total. The monoisotopic (exact) mass is 461 g/mol. The van der Waals surface area contributed by atoms with Gasteiger partial charge < -0.3 is 9.52 Å². The Hall–Kier alpha value is -4.31. The Morgan fingerprint density at radius 1 is 1.21 bits per heavy atom. The second-order valence-electron chi connectivity index (χ2n) is 7.47. The fraction of sp³-hybridized carbons (Fsp3) is 0.0870. The van der Waals surface area contributed by atoms with Crippen molar-refractivity contribution < 1.29 is 24.0 Å². The van der Waals surface area contributed by atoms with E-state index in [-0.39, 0.29) is 27.7 Å². The largest absolute Gasteiger partial charge is 0.503 e. The average molecular weight is 461 g/mol. The van der Waals surface area contributed by atoms with Crippen LogP contribution in [0.4, 0.5) is 10.8 Å². The lowest BCUT2D eigenvalue weighted by molar-refractivity contribution is -0.384. The number of anilines is 1. The van der Waals surface area contributed by atoms with Crippen LogP contribution in [0.15, 0.2) is 76.6 Å². The molecule has 1 N–H and O–H groups in total. The number of nitrogens with zero attached hydrogens (tertiary/aromatic N) is 3. The summed E-state index contributed by atoms with van der Waals surface area (Å²) < 4.78 is 6.01. The third-order valence-electron chi connectivity index (χ3n) is 5.33. The minimum Gasteiger partial charge on any atom is -0.503 e. The first-order valence-corrected chi connectivity index (χ1v) is 10.6. The number of non-ortho nitro benzene ring substituents is 1. The third-order valence-corrected chi connectivity index (χ3v) is 6.35. The fourth-order valence-electron chi connectivity index (χ4n) is 3.82. The summed E-state index contributed by atoms with van der Waals surface area (Å²) in [6.07, 6.45) is 1.30. The summed E-state index contributed by atoms with van der Waals surface area (Å²) in [5.74, 6) is -2.33. The number of aryl methyl sites for hydroxylation is 1. The van der Waals surface area contributed by atoms with Crippen LogP contribution in [0.1, 0.15) is 27.7 Å². The fourth-order valence-corrected chi connectivity index (χ4v) is 4.91. The Bertz CT molecular complexity index is 1470. The minimum absolute atomic E-state index is 0.0680. The van der Waals surface area contributed by atoms with Crippen LogP contribution in [0.3, 0.4) is 0 Å². The van der Waals surface area contributed by atoms with Gasteiger partial charge in [0, 0.05) is 12.1 Å². The number of nitro benzene ring substituents is 1. The summed E-state index contributed by atoms with van der Waals surface area (Å²) >= 11 is 1.22. The number of carbonyl (C=O) groups excluding carboxylic acids is 2. The van der Waals surface area contributed by atoms with Crippen molar-refractivity contribution in [3.8, 4) is 0 Å². The van der Waals surface area contributed by atoms with E-state index in [0.29, 0.717) is 5.52 Å². The van der Waals surface area contributed by atoms with Gasteiger partial charge in [-0.2, -0.15) is 0 Å². The molecule has 0 saturated heterocycles. The van der Waals surface area contributed by atoms with Crippen molar-refractivity contribution in [2.24, 2.45) is 0 Å². The van der Waals surface area contributed by atoms with Gasteiger partial charge >= 0.3 is 0 Å². The van der Waals surface area contributed by atoms with E-state index in [2.05, 4.69) is 4.98 Å². The van der Waals surface area contributed by atoms with Crippen molar-refractivity contribution in [3.05, 3.63) is 99.2 Å². The number of fused-ring (bicyclic) bond motifs is 1. The lowest BCUT2D eigenvalue weighted by Crippen LogP contribution is -2.31. The van der Waals surface area contributed by atoms with E-state index in [1.54, 1.807) is 6.07 Å². The number of Topliss-reactive ketones (excluding diaryl/α,β-unsaturated/α-hetero) is 1. The number of benzene rings is 2. The Morgan fingerprint density at radius 2 is 2.03 bits per heavy atom. The molecule has 0 aliphatic carbocycles. The van der Waals surface area contributed by atoms with Gasteiger partial charge in [0.25, 0.3) is 11.6 Å². The molecule has 2 aromatic carbocycles. The van der Waals surface area contributed by atoms with E-state index in [9.17, 15) is 24.8 Å². The SMILES string of the molecule is Cc1ccc2nc(N3C(=O)C(O)=C(C(=O)c4ccco4)[C@@H]3c3cccc([N+](=O)[O-])c3)sc2c1. The van der Waals surface area contributed by atoms with Gasteiger partial charge in [-0.15, -0.1) is 0 Å². The van der Waals surface area contributed by atoms with Crippen molar-refractivity contribution in [2.45, 2.75) is 13.0 Å². The lowest BCUT2D eigenvalue weighted by Gasteiger charge is -2.24. The molecule has 10 heteroatoms. The zero-order chi connectivity index (χ0) is 23.3. The number of aliphatic hydroxyl groups is 1. The molecule has 0 bridgehead atoms. The molecule has 3 heterocycles. The molecule has 0 radical (unpaired) electrons. The van der Waals surface area contributed by atoms with Crippen LogP contribution in [-0.2, 0) is 4.79 Å². The molecule has 0 fully saturated rings. The second kappa shape index (κ2) is 7.68. The number of aromatic nitrogens is 1. The highest BCUT2D eigenvalue weighted by Crippen LogP contribution is 2.44. The van der Waals surface area contributed by atoms with E-state index in [0.717, 1.165) is 10.3 Å². The highest BCUT2D eigenvalue weighted by molar-refractivity contribution is 7.22. The predicted molar refractivity (Wildman–Crippen MR) is 120 cm³/mol. The Balaban J connectivity index is 1.70. The molecule has 0 spiro atoms. The maximum absolute atomic E-state index is 13.2. The first kappa shape index (κ1) is 20.6. The van der Waals surface area contributed by atoms with Gasteiger partial charge in [0.2, 0.25) is 5.78 Å². The van der Waals surface area contributed by atoms with Crippen molar-refractivity contribution in [1.29, 1.82) is 0 Å². The van der Waals surface area contributed by atoms with Gasteiger partial charge in [0.1, 0.15) is 0 Å². The van der Waals surface area contributed by atoms with Crippen LogP contribution < -0.4 is 4.90 Å². The van der Waals surface area contributed by atoms with Gasteiger partial charge in [-0.25, -0.2) is 4.98 Å². The molecule has 1 atom stereocenters. The number of hydrogen-bond acceptors (Lipinski definition) is 8.